The van der Waals surface area contributed by atoms with Gasteiger partial charge in [-0.1, -0.05) is 98.8 Å². The summed E-state index contributed by atoms with van der Waals surface area (Å²) in [6.07, 6.45) is 0. The van der Waals surface area contributed by atoms with E-state index in [9.17, 15) is 0 Å². The summed E-state index contributed by atoms with van der Waals surface area (Å²) in [5.74, 6) is 0.507. The van der Waals surface area contributed by atoms with E-state index in [1.54, 1.807) is 0 Å². The molecule has 0 saturated carbocycles. The Balaban J connectivity index is 1.30. The van der Waals surface area contributed by atoms with Gasteiger partial charge in [-0.3, -0.25) is 0 Å². The highest BCUT2D eigenvalue weighted by Gasteiger charge is 2.15. The number of benzene rings is 6. The van der Waals surface area contributed by atoms with Gasteiger partial charge in [-0.15, -0.1) is 0 Å². The molecule has 0 aliphatic heterocycles. The van der Waals surface area contributed by atoms with Crippen LogP contribution >= 0.6 is 0 Å². The molecule has 41 heavy (non-hydrogen) atoms. The van der Waals surface area contributed by atoms with Crippen LogP contribution < -0.4 is 4.90 Å². The Morgan fingerprint density at radius 2 is 1.00 bits per heavy atom. The lowest BCUT2D eigenvalue weighted by atomic mass is 10.0. The normalized spacial score (nSPS) is 11.4. The molecule has 1 heterocycles. The fraction of sp³-hybridized carbons (Fsp3) is 0.0769. The Kier molecular flexibility index (Phi) is 6.37. The standard InChI is InChI=1S/C39H32N2/c1-28(2)29-17-22-34(23-18-29)40(32-11-5-3-6-12-32)35-24-19-30(20-25-35)31-21-26-39-37(27-31)36-15-9-10-16-38(36)41(39)33-13-7-4-8-14-33/h3-28H,1-2H3. The van der Waals surface area contributed by atoms with Gasteiger partial charge < -0.3 is 9.47 Å². The van der Waals surface area contributed by atoms with E-state index in [1.807, 2.05) is 0 Å². The molecule has 0 bridgehead atoms. The molecule has 0 radical (unpaired) electrons. The minimum atomic E-state index is 0.507. The van der Waals surface area contributed by atoms with E-state index < -0.39 is 0 Å². The zero-order valence-corrected chi connectivity index (χ0v) is 23.4. The maximum Gasteiger partial charge on any atom is 0.0541 e. The third-order valence-electron chi connectivity index (χ3n) is 7.98. The van der Waals surface area contributed by atoms with Crippen LogP contribution in [0.2, 0.25) is 0 Å². The summed E-state index contributed by atoms with van der Waals surface area (Å²) >= 11 is 0. The number of anilines is 3. The second-order valence-electron chi connectivity index (χ2n) is 10.9. The van der Waals surface area contributed by atoms with Gasteiger partial charge in [0.25, 0.3) is 0 Å². The van der Waals surface area contributed by atoms with Gasteiger partial charge in [-0.2, -0.15) is 0 Å². The Hall–Kier alpha value is -5.08. The van der Waals surface area contributed by atoms with Gasteiger partial charge in [-0.25, -0.2) is 0 Å². The lowest BCUT2D eigenvalue weighted by Crippen LogP contribution is -2.09. The third-order valence-corrected chi connectivity index (χ3v) is 7.98. The van der Waals surface area contributed by atoms with Gasteiger partial charge in [-0.05, 0) is 89.3 Å². The average Bonchev–Trinajstić information content (AvgIpc) is 3.36. The molecule has 0 atom stereocenters. The third kappa shape index (κ3) is 4.58. The first-order valence-electron chi connectivity index (χ1n) is 14.3. The minimum Gasteiger partial charge on any atom is -0.311 e. The zero-order valence-electron chi connectivity index (χ0n) is 23.4. The molecular formula is C39H32N2. The van der Waals surface area contributed by atoms with Crippen LogP contribution in [0.5, 0.6) is 0 Å². The first-order chi connectivity index (χ1) is 20.2. The van der Waals surface area contributed by atoms with Crippen LogP contribution in [0.25, 0.3) is 38.6 Å². The van der Waals surface area contributed by atoms with Crippen molar-refractivity contribution < 1.29 is 0 Å². The molecule has 7 aromatic rings. The molecule has 1 aromatic heterocycles. The van der Waals surface area contributed by atoms with Crippen molar-refractivity contribution in [3.8, 4) is 16.8 Å². The highest BCUT2D eigenvalue weighted by molar-refractivity contribution is 6.10. The Morgan fingerprint density at radius 1 is 0.463 bits per heavy atom. The average molecular weight is 529 g/mol. The number of nitrogens with zero attached hydrogens (tertiary/aromatic N) is 2. The molecule has 2 nitrogen and oxygen atoms in total. The van der Waals surface area contributed by atoms with Crippen LogP contribution in [-0.2, 0) is 0 Å². The number of hydrogen-bond donors (Lipinski definition) is 0. The molecule has 0 N–H and O–H groups in total. The van der Waals surface area contributed by atoms with Crippen LogP contribution in [-0.4, -0.2) is 4.57 Å². The zero-order chi connectivity index (χ0) is 27.8. The Bertz CT molecular complexity index is 1930. The largest absolute Gasteiger partial charge is 0.311 e. The molecule has 0 unspecified atom stereocenters. The minimum absolute atomic E-state index is 0.507. The molecule has 0 aliphatic carbocycles. The van der Waals surface area contributed by atoms with E-state index in [0.717, 1.165) is 17.1 Å². The number of aromatic nitrogens is 1. The first-order valence-corrected chi connectivity index (χ1v) is 14.3. The van der Waals surface area contributed by atoms with E-state index in [4.69, 9.17) is 0 Å². The summed E-state index contributed by atoms with van der Waals surface area (Å²) in [6, 6.07) is 54.6. The van der Waals surface area contributed by atoms with Crippen LogP contribution in [0, 0.1) is 0 Å². The summed E-state index contributed by atoms with van der Waals surface area (Å²) in [6.45, 7) is 4.47. The van der Waals surface area contributed by atoms with Crippen molar-refractivity contribution in [3.63, 3.8) is 0 Å². The fourth-order valence-corrected chi connectivity index (χ4v) is 5.84. The second-order valence-corrected chi connectivity index (χ2v) is 10.9. The SMILES string of the molecule is CC(C)c1ccc(N(c2ccccc2)c2ccc(-c3ccc4c(c3)c3ccccc3n4-c3ccccc3)cc2)cc1. The maximum atomic E-state index is 2.36. The predicted molar refractivity (Wildman–Crippen MR) is 175 cm³/mol. The number of hydrogen-bond acceptors (Lipinski definition) is 1. The van der Waals surface area contributed by atoms with E-state index in [-0.39, 0.29) is 0 Å². The molecule has 0 fully saturated rings. The quantitative estimate of drug-likeness (QED) is 0.208. The van der Waals surface area contributed by atoms with Gasteiger partial charge in [0.05, 0.1) is 11.0 Å². The lowest BCUT2D eigenvalue weighted by molar-refractivity contribution is 0.866. The van der Waals surface area contributed by atoms with Crippen molar-refractivity contribution >= 4 is 38.9 Å². The number of rotatable bonds is 6. The smallest absolute Gasteiger partial charge is 0.0541 e. The van der Waals surface area contributed by atoms with Gasteiger partial charge in [0.1, 0.15) is 0 Å². The van der Waals surface area contributed by atoms with E-state index in [0.29, 0.717) is 5.92 Å². The molecule has 7 rings (SSSR count). The summed E-state index contributed by atoms with van der Waals surface area (Å²) in [5.41, 5.74) is 10.8. The fourth-order valence-electron chi connectivity index (χ4n) is 5.84. The first kappa shape index (κ1) is 24.9. The molecule has 0 amide bonds. The summed E-state index contributed by atoms with van der Waals surface area (Å²) in [4.78, 5) is 2.32. The van der Waals surface area contributed by atoms with Gasteiger partial charge in [0.2, 0.25) is 0 Å². The van der Waals surface area contributed by atoms with E-state index in [2.05, 4.69) is 175 Å². The summed E-state index contributed by atoms with van der Waals surface area (Å²) in [5, 5.41) is 2.53. The van der Waals surface area contributed by atoms with Crippen LogP contribution in [0.3, 0.4) is 0 Å². The van der Waals surface area contributed by atoms with E-state index in [1.165, 1.54) is 44.2 Å². The maximum absolute atomic E-state index is 2.36. The molecule has 2 heteroatoms. The highest BCUT2D eigenvalue weighted by Crippen LogP contribution is 2.38. The van der Waals surface area contributed by atoms with Gasteiger partial charge in [0.15, 0.2) is 0 Å². The van der Waals surface area contributed by atoms with Crippen molar-refractivity contribution in [2.45, 2.75) is 19.8 Å². The van der Waals surface area contributed by atoms with Crippen molar-refractivity contribution in [1.82, 2.24) is 4.57 Å². The van der Waals surface area contributed by atoms with Crippen molar-refractivity contribution in [1.29, 1.82) is 0 Å². The molecule has 0 spiro atoms. The highest BCUT2D eigenvalue weighted by atomic mass is 15.1. The molecule has 198 valence electrons. The number of para-hydroxylation sites is 3. The Labute approximate surface area is 241 Å². The Morgan fingerprint density at radius 3 is 1.68 bits per heavy atom. The van der Waals surface area contributed by atoms with Crippen LogP contribution in [0.1, 0.15) is 25.3 Å². The summed E-state index contributed by atoms with van der Waals surface area (Å²) in [7, 11) is 0. The van der Waals surface area contributed by atoms with Gasteiger partial charge >= 0.3 is 0 Å². The lowest BCUT2D eigenvalue weighted by Gasteiger charge is -2.26. The van der Waals surface area contributed by atoms with Crippen LogP contribution in [0.4, 0.5) is 17.1 Å². The molecule has 6 aromatic carbocycles. The summed E-state index contributed by atoms with van der Waals surface area (Å²) < 4.78 is 2.36. The molecule has 0 aliphatic rings. The number of fused-ring (bicyclic) bond motifs is 3. The van der Waals surface area contributed by atoms with Crippen molar-refractivity contribution in [3.05, 3.63) is 157 Å². The van der Waals surface area contributed by atoms with Crippen molar-refractivity contribution in [2.75, 3.05) is 4.90 Å². The molecular weight excluding hydrogens is 496 g/mol. The predicted octanol–water partition coefficient (Wildman–Crippen LogP) is 11.0. The van der Waals surface area contributed by atoms with Crippen LogP contribution in [0.15, 0.2) is 152 Å². The topological polar surface area (TPSA) is 8.17 Å². The molecule has 0 saturated heterocycles. The second kappa shape index (κ2) is 10.5. The monoisotopic (exact) mass is 528 g/mol. The van der Waals surface area contributed by atoms with Crippen molar-refractivity contribution in [2.24, 2.45) is 0 Å². The van der Waals surface area contributed by atoms with E-state index >= 15 is 0 Å². The van der Waals surface area contributed by atoms with Gasteiger partial charge in [0, 0.05) is 33.5 Å².